The van der Waals surface area contributed by atoms with Crippen LogP contribution in [-0.4, -0.2) is 16.5 Å². The summed E-state index contributed by atoms with van der Waals surface area (Å²) in [5, 5.41) is 4.57. The first kappa shape index (κ1) is 12.6. The van der Waals surface area contributed by atoms with Gasteiger partial charge in [0.15, 0.2) is 0 Å². The predicted octanol–water partition coefficient (Wildman–Crippen LogP) is 2.89. The Balaban J connectivity index is 1.86. The number of rotatable bonds is 4. The van der Waals surface area contributed by atoms with Crippen LogP contribution >= 0.6 is 11.3 Å². The Bertz CT molecular complexity index is 574. The Morgan fingerprint density at radius 2 is 2.16 bits per heavy atom. The molecule has 2 aromatic heterocycles. The normalized spacial score (nSPS) is 16.1. The van der Waals surface area contributed by atoms with Gasteiger partial charge in [0.25, 0.3) is 0 Å². The van der Waals surface area contributed by atoms with Crippen molar-refractivity contribution in [3.05, 3.63) is 10.9 Å². The van der Waals surface area contributed by atoms with E-state index in [1.54, 1.807) is 11.3 Å². The van der Waals surface area contributed by atoms with Gasteiger partial charge in [-0.3, -0.25) is 5.43 Å². The summed E-state index contributed by atoms with van der Waals surface area (Å²) >= 11 is 1.67. The van der Waals surface area contributed by atoms with Gasteiger partial charge in [-0.2, -0.15) is 4.98 Å². The molecule has 1 saturated carbocycles. The molecule has 0 aliphatic heterocycles. The van der Waals surface area contributed by atoms with Gasteiger partial charge in [0, 0.05) is 11.4 Å². The molecule has 0 radical (unpaired) electrons. The lowest BCUT2D eigenvalue weighted by Crippen LogP contribution is -2.15. The van der Waals surface area contributed by atoms with Crippen LogP contribution in [0.15, 0.2) is 6.07 Å². The smallest absolute Gasteiger partial charge is 0.240 e. The predicted molar refractivity (Wildman–Crippen MR) is 80.4 cm³/mol. The van der Waals surface area contributed by atoms with Crippen LogP contribution in [-0.2, 0) is 0 Å². The van der Waals surface area contributed by atoms with Crippen molar-refractivity contribution >= 4 is 33.3 Å². The minimum atomic E-state index is 0.475. The van der Waals surface area contributed by atoms with Gasteiger partial charge in [-0.25, -0.2) is 10.8 Å². The lowest BCUT2D eigenvalue weighted by molar-refractivity contribution is 0.579. The summed E-state index contributed by atoms with van der Waals surface area (Å²) in [4.78, 5) is 11.0. The quantitative estimate of drug-likeness (QED) is 0.592. The average molecular weight is 277 g/mol. The van der Waals surface area contributed by atoms with Crippen molar-refractivity contribution in [2.75, 3.05) is 17.3 Å². The second-order valence-electron chi connectivity index (χ2n) is 5.15. The number of aryl methyl sites for hydroxylation is 1. The number of nitrogens with two attached hydrogens (primary N) is 1. The first-order valence-corrected chi connectivity index (χ1v) is 7.56. The molecule has 2 aromatic rings. The molecule has 0 spiro atoms. The minimum Gasteiger partial charge on any atom is -0.369 e. The topological polar surface area (TPSA) is 75.9 Å². The lowest BCUT2D eigenvalue weighted by Gasteiger charge is -2.12. The summed E-state index contributed by atoms with van der Waals surface area (Å²) < 4.78 is 0. The number of anilines is 2. The molecule has 0 atom stereocenters. The van der Waals surface area contributed by atoms with Crippen LogP contribution < -0.4 is 16.6 Å². The molecule has 3 rings (SSSR count). The van der Waals surface area contributed by atoms with Crippen LogP contribution in [0.2, 0.25) is 0 Å². The number of aromatic nitrogens is 2. The number of hydrazine groups is 1. The molecule has 0 amide bonds. The maximum atomic E-state index is 5.44. The van der Waals surface area contributed by atoms with Crippen LogP contribution in [0.4, 0.5) is 11.8 Å². The monoisotopic (exact) mass is 277 g/mol. The zero-order chi connectivity index (χ0) is 13.2. The van der Waals surface area contributed by atoms with Gasteiger partial charge in [-0.15, -0.1) is 11.3 Å². The number of fused-ring (bicyclic) bond motifs is 1. The first-order valence-electron chi connectivity index (χ1n) is 6.75. The SMILES string of the molecule is Cc1cc2c(NCC3CCCC3)nc(NN)nc2s1. The van der Waals surface area contributed by atoms with Gasteiger partial charge in [-0.05, 0) is 31.7 Å². The summed E-state index contributed by atoms with van der Waals surface area (Å²) in [7, 11) is 0. The van der Waals surface area contributed by atoms with Gasteiger partial charge < -0.3 is 5.32 Å². The molecular formula is C13H19N5S. The number of thiophene rings is 1. The fourth-order valence-electron chi connectivity index (χ4n) is 2.70. The molecule has 102 valence electrons. The molecule has 2 heterocycles. The van der Waals surface area contributed by atoms with Crippen molar-refractivity contribution in [1.29, 1.82) is 0 Å². The van der Waals surface area contributed by atoms with E-state index in [9.17, 15) is 0 Å². The number of nitrogens with zero attached hydrogens (tertiary/aromatic N) is 2. The molecule has 4 N–H and O–H groups in total. The van der Waals surface area contributed by atoms with E-state index in [0.29, 0.717) is 5.95 Å². The number of nitrogen functional groups attached to an aromatic ring is 1. The average Bonchev–Trinajstić information content (AvgIpc) is 3.03. The molecule has 19 heavy (non-hydrogen) atoms. The second-order valence-corrected chi connectivity index (χ2v) is 6.38. The van der Waals surface area contributed by atoms with Crippen LogP contribution in [0.1, 0.15) is 30.6 Å². The van der Waals surface area contributed by atoms with E-state index in [0.717, 1.165) is 28.5 Å². The van der Waals surface area contributed by atoms with E-state index in [4.69, 9.17) is 5.84 Å². The van der Waals surface area contributed by atoms with E-state index in [-0.39, 0.29) is 0 Å². The highest BCUT2D eigenvalue weighted by molar-refractivity contribution is 7.18. The molecule has 6 heteroatoms. The molecule has 1 aliphatic rings. The zero-order valence-corrected chi connectivity index (χ0v) is 11.9. The van der Waals surface area contributed by atoms with Gasteiger partial charge in [0.1, 0.15) is 10.6 Å². The van der Waals surface area contributed by atoms with Gasteiger partial charge in [0.2, 0.25) is 5.95 Å². The Morgan fingerprint density at radius 1 is 1.37 bits per heavy atom. The molecule has 1 aliphatic carbocycles. The standard InChI is InChI=1S/C13H19N5S/c1-8-6-10-11(15-7-9-4-2-3-5-9)16-13(18-14)17-12(10)19-8/h6,9H,2-5,7,14H2,1H3,(H2,15,16,17,18). The van der Waals surface area contributed by atoms with E-state index in [1.807, 2.05) is 0 Å². The van der Waals surface area contributed by atoms with Crippen LogP contribution in [0.3, 0.4) is 0 Å². The highest BCUT2D eigenvalue weighted by atomic mass is 32.1. The van der Waals surface area contributed by atoms with Crippen molar-refractivity contribution in [3.8, 4) is 0 Å². The van der Waals surface area contributed by atoms with Gasteiger partial charge >= 0.3 is 0 Å². The van der Waals surface area contributed by atoms with Crippen LogP contribution in [0.5, 0.6) is 0 Å². The summed E-state index contributed by atoms with van der Waals surface area (Å²) in [5.74, 6) is 7.59. The third kappa shape index (κ3) is 2.64. The molecule has 0 saturated heterocycles. The fourth-order valence-corrected chi connectivity index (χ4v) is 3.58. The first-order chi connectivity index (χ1) is 9.26. The highest BCUT2D eigenvalue weighted by Gasteiger charge is 2.16. The summed E-state index contributed by atoms with van der Waals surface area (Å²) in [6.07, 6.45) is 5.37. The van der Waals surface area contributed by atoms with E-state index in [2.05, 4.69) is 33.7 Å². The van der Waals surface area contributed by atoms with Crippen molar-refractivity contribution in [2.45, 2.75) is 32.6 Å². The Labute approximate surface area is 116 Å². The van der Waals surface area contributed by atoms with Crippen molar-refractivity contribution in [2.24, 2.45) is 11.8 Å². The third-order valence-corrected chi connectivity index (χ3v) is 4.62. The Morgan fingerprint density at radius 3 is 2.89 bits per heavy atom. The summed E-state index contributed by atoms with van der Waals surface area (Å²) in [6.45, 7) is 3.08. The van der Waals surface area contributed by atoms with Crippen molar-refractivity contribution in [3.63, 3.8) is 0 Å². The van der Waals surface area contributed by atoms with Gasteiger partial charge in [0.05, 0.1) is 5.39 Å². The Hall–Kier alpha value is -1.40. The molecule has 1 fully saturated rings. The second kappa shape index (κ2) is 5.30. The van der Waals surface area contributed by atoms with E-state index in [1.165, 1.54) is 30.6 Å². The lowest BCUT2D eigenvalue weighted by atomic mass is 10.1. The third-order valence-electron chi connectivity index (χ3n) is 3.68. The summed E-state index contributed by atoms with van der Waals surface area (Å²) in [5.41, 5.74) is 2.54. The molecule has 5 nitrogen and oxygen atoms in total. The summed E-state index contributed by atoms with van der Waals surface area (Å²) in [6, 6.07) is 2.14. The maximum absolute atomic E-state index is 5.44. The molecule has 0 bridgehead atoms. The highest BCUT2D eigenvalue weighted by Crippen LogP contribution is 2.30. The number of nitrogens with one attached hydrogen (secondary N) is 2. The Kier molecular flexibility index (Phi) is 3.52. The van der Waals surface area contributed by atoms with E-state index >= 15 is 0 Å². The van der Waals surface area contributed by atoms with Crippen LogP contribution in [0, 0.1) is 12.8 Å². The van der Waals surface area contributed by atoms with E-state index < -0.39 is 0 Å². The molecular weight excluding hydrogens is 258 g/mol. The zero-order valence-electron chi connectivity index (χ0n) is 11.1. The molecule has 0 aromatic carbocycles. The maximum Gasteiger partial charge on any atom is 0.240 e. The molecule has 0 unspecified atom stereocenters. The van der Waals surface area contributed by atoms with Crippen LogP contribution in [0.25, 0.3) is 10.2 Å². The number of hydrogen-bond acceptors (Lipinski definition) is 6. The fraction of sp³-hybridized carbons (Fsp3) is 0.538. The van der Waals surface area contributed by atoms with Crippen molar-refractivity contribution in [1.82, 2.24) is 9.97 Å². The van der Waals surface area contributed by atoms with Crippen molar-refractivity contribution < 1.29 is 0 Å². The number of hydrogen-bond donors (Lipinski definition) is 3. The van der Waals surface area contributed by atoms with Gasteiger partial charge in [-0.1, -0.05) is 12.8 Å². The largest absolute Gasteiger partial charge is 0.369 e. The minimum absolute atomic E-state index is 0.475.